The van der Waals surface area contributed by atoms with Gasteiger partial charge in [0.15, 0.2) is 0 Å². The number of benzene rings is 1. The number of halogens is 3. The van der Waals surface area contributed by atoms with E-state index < -0.39 is 11.7 Å². The van der Waals surface area contributed by atoms with Crippen LogP contribution in [0.25, 0.3) is 0 Å². The van der Waals surface area contributed by atoms with Crippen molar-refractivity contribution < 1.29 is 17.9 Å². The largest absolute Gasteiger partial charge is 0.489 e. The Kier molecular flexibility index (Phi) is 10.0. The van der Waals surface area contributed by atoms with E-state index >= 15 is 0 Å². The van der Waals surface area contributed by atoms with Crippen molar-refractivity contribution in [3.05, 3.63) is 77.9 Å². The van der Waals surface area contributed by atoms with Gasteiger partial charge in [0.05, 0.1) is 5.56 Å². The van der Waals surface area contributed by atoms with Gasteiger partial charge in [0.1, 0.15) is 12.4 Å². The molecule has 29 heavy (non-hydrogen) atoms. The summed E-state index contributed by atoms with van der Waals surface area (Å²) < 4.78 is 46.5. The highest BCUT2D eigenvalue weighted by Gasteiger charge is 2.36. The first-order valence-electron chi connectivity index (χ1n) is 10.0. The minimum Gasteiger partial charge on any atom is -0.489 e. The molecule has 1 aliphatic carbocycles. The molecule has 0 amide bonds. The van der Waals surface area contributed by atoms with Crippen molar-refractivity contribution >= 4 is 0 Å². The fourth-order valence-electron chi connectivity index (χ4n) is 3.39. The highest BCUT2D eigenvalue weighted by molar-refractivity contribution is 5.40. The van der Waals surface area contributed by atoms with Gasteiger partial charge in [-0.25, -0.2) is 0 Å². The van der Waals surface area contributed by atoms with Crippen LogP contribution in [0.5, 0.6) is 5.75 Å². The van der Waals surface area contributed by atoms with Crippen molar-refractivity contribution in [3.8, 4) is 5.75 Å². The van der Waals surface area contributed by atoms with Crippen molar-refractivity contribution in [3.63, 3.8) is 0 Å². The molecule has 1 saturated carbocycles. The van der Waals surface area contributed by atoms with Gasteiger partial charge in [-0.2, -0.15) is 13.2 Å². The zero-order valence-electron chi connectivity index (χ0n) is 17.9. The van der Waals surface area contributed by atoms with E-state index in [-0.39, 0.29) is 18.3 Å². The number of alkyl halides is 3. The van der Waals surface area contributed by atoms with Crippen LogP contribution in [-0.4, -0.2) is 6.61 Å². The molecule has 160 valence electrons. The summed E-state index contributed by atoms with van der Waals surface area (Å²) in [5, 5.41) is 0. The quantitative estimate of drug-likeness (QED) is 0.340. The maximum absolute atomic E-state index is 13.6. The Bertz CT molecular complexity index is 731. The first-order chi connectivity index (χ1) is 13.7. The van der Waals surface area contributed by atoms with Gasteiger partial charge >= 0.3 is 6.18 Å². The van der Waals surface area contributed by atoms with E-state index in [0.717, 1.165) is 49.3 Å². The smallest absolute Gasteiger partial charge is 0.416 e. The van der Waals surface area contributed by atoms with Crippen LogP contribution in [0.4, 0.5) is 13.2 Å². The molecule has 1 nitrogen and oxygen atoms in total. The van der Waals surface area contributed by atoms with Crippen molar-refractivity contribution in [1.29, 1.82) is 0 Å². The molecule has 0 radical (unpaired) electrons. The monoisotopic (exact) mass is 406 g/mol. The Hall–Kier alpha value is -2.23. The van der Waals surface area contributed by atoms with Gasteiger partial charge in [-0.1, -0.05) is 55.2 Å². The number of rotatable bonds is 6. The molecule has 0 aromatic heterocycles. The summed E-state index contributed by atoms with van der Waals surface area (Å²) in [6, 6.07) is 4.42. The number of hydrogen-bond donors (Lipinski definition) is 0. The zero-order valence-corrected chi connectivity index (χ0v) is 17.9. The van der Waals surface area contributed by atoms with E-state index in [9.17, 15) is 13.2 Å². The second kappa shape index (κ2) is 11.7. The highest BCUT2D eigenvalue weighted by atomic mass is 19.4. The third-order valence-corrected chi connectivity index (χ3v) is 5.23. The minimum atomic E-state index is -4.37. The van der Waals surface area contributed by atoms with Crippen molar-refractivity contribution in [1.82, 2.24) is 0 Å². The normalized spacial score (nSPS) is 15.2. The van der Waals surface area contributed by atoms with Crippen LogP contribution < -0.4 is 4.74 Å². The second-order valence-electron chi connectivity index (χ2n) is 7.48. The molecule has 1 aliphatic rings. The molecule has 2 rings (SSSR count). The number of ether oxygens (including phenoxy) is 1. The lowest BCUT2D eigenvalue weighted by Crippen LogP contribution is -2.14. The first-order valence-corrected chi connectivity index (χ1v) is 10.0. The van der Waals surface area contributed by atoms with Crippen LogP contribution in [0.2, 0.25) is 0 Å². The van der Waals surface area contributed by atoms with E-state index in [1.54, 1.807) is 18.2 Å². The molecule has 0 atom stereocenters. The van der Waals surface area contributed by atoms with Crippen LogP contribution in [0.3, 0.4) is 0 Å². The van der Waals surface area contributed by atoms with Crippen LogP contribution >= 0.6 is 0 Å². The van der Waals surface area contributed by atoms with E-state index in [1.807, 2.05) is 26.8 Å². The van der Waals surface area contributed by atoms with Crippen LogP contribution in [0.15, 0.2) is 66.8 Å². The maximum atomic E-state index is 13.6. The lowest BCUT2D eigenvalue weighted by atomic mass is 9.82. The van der Waals surface area contributed by atoms with E-state index in [1.165, 1.54) is 5.57 Å². The lowest BCUT2D eigenvalue weighted by molar-refractivity contribution is -0.138. The summed E-state index contributed by atoms with van der Waals surface area (Å²) in [5.74, 6) is 0.234. The molecule has 4 heteroatoms. The van der Waals surface area contributed by atoms with Crippen LogP contribution in [0.1, 0.15) is 69.9 Å². The molecule has 1 aromatic carbocycles. The van der Waals surface area contributed by atoms with Gasteiger partial charge in [0.2, 0.25) is 0 Å². The number of hydrogen-bond acceptors (Lipinski definition) is 1. The molecule has 0 aliphatic heterocycles. The first kappa shape index (κ1) is 24.8. The van der Waals surface area contributed by atoms with E-state index in [0.29, 0.717) is 5.56 Å². The zero-order chi connectivity index (χ0) is 22.0. The van der Waals surface area contributed by atoms with Gasteiger partial charge in [-0.05, 0) is 62.8 Å². The predicted octanol–water partition coefficient (Wildman–Crippen LogP) is 8.40. The molecule has 1 aromatic rings. The Morgan fingerprint density at radius 1 is 1.10 bits per heavy atom. The van der Waals surface area contributed by atoms with Crippen molar-refractivity contribution in [2.24, 2.45) is 0 Å². The molecule has 0 bridgehead atoms. The minimum absolute atomic E-state index is 0.00614. The summed E-state index contributed by atoms with van der Waals surface area (Å²) in [6.45, 7) is 16.0. The van der Waals surface area contributed by atoms with Gasteiger partial charge < -0.3 is 4.74 Å². The van der Waals surface area contributed by atoms with Gasteiger partial charge in [0, 0.05) is 0 Å². The molecule has 0 saturated heterocycles. The third-order valence-electron chi connectivity index (χ3n) is 5.23. The SMILES string of the molecule is C=C.C=C/C(=C\C(C)=C(C)C)COc1ccc(C2CCCCC2)c(C(F)(F)F)c1. The average Bonchev–Trinajstić information content (AvgIpc) is 2.72. The Morgan fingerprint density at radius 3 is 2.24 bits per heavy atom. The summed E-state index contributed by atoms with van der Waals surface area (Å²) in [6.07, 6.45) is 4.01. The molecule has 0 heterocycles. The van der Waals surface area contributed by atoms with Crippen LogP contribution in [-0.2, 0) is 6.18 Å². The average molecular weight is 407 g/mol. The molecule has 0 N–H and O–H groups in total. The lowest BCUT2D eigenvalue weighted by Gasteiger charge is -2.25. The van der Waals surface area contributed by atoms with Crippen molar-refractivity contribution in [2.75, 3.05) is 6.61 Å². The molecule has 1 fully saturated rings. The Morgan fingerprint density at radius 2 is 1.72 bits per heavy atom. The van der Waals surface area contributed by atoms with E-state index in [4.69, 9.17) is 4.74 Å². The van der Waals surface area contributed by atoms with Gasteiger partial charge in [0.25, 0.3) is 0 Å². The summed E-state index contributed by atoms with van der Waals surface area (Å²) in [5.41, 5.74) is 2.95. The Balaban J connectivity index is 0.00000204. The number of allylic oxidation sites excluding steroid dienone is 3. The van der Waals surface area contributed by atoms with Crippen LogP contribution in [0, 0.1) is 0 Å². The van der Waals surface area contributed by atoms with Gasteiger partial charge in [-0.3, -0.25) is 0 Å². The highest BCUT2D eigenvalue weighted by Crippen LogP contribution is 2.42. The molecular weight excluding hydrogens is 373 g/mol. The van der Waals surface area contributed by atoms with Crippen molar-refractivity contribution in [2.45, 2.75) is 65.0 Å². The molecule has 0 unspecified atom stereocenters. The molecule has 0 spiro atoms. The summed E-state index contributed by atoms with van der Waals surface area (Å²) >= 11 is 0. The van der Waals surface area contributed by atoms with E-state index in [2.05, 4.69) is 19.7 Å². The molecular formula is C25H33F3O. The summed E-state index contributed by atoms with van der Waals surface area (Å²) in [7, 11) is 0. The topological polar surface area (TPSA) is 9.23 Å². The Labute approximate surface area is 173 Å². The maximum Gasteiger partial charge on any atom is 0.416 e. The standard InChI is InChI=1S/C23H29F3O.C2H4/c1-5-18(13-17(4)16(2)3)15-27-20-11-12-21(19-9-7-6-8-10-19)22(14-20)23(24,25)26;1-2/h5,11-14,19H,1,6-10,15H2,2-4H3;1-2H2/b18-13+;. The third kappa shape index (κ3) is 7.60. The second-order valence-corrected chi connectivity index (χ2v) is 7.48. The fraction of sp³-hybridized carbons (Fsp3) is 0.440. The summed E-state index contributed by atoms with van der Waals surface area (Å²) in [4.78, 5) is 0. The predicted molar refractivity (Wildman–Crippen MR) is 116 cm³/mol. The van der Waals surface area contributed by atoms with Gasteiger partial charge in [-0.15, -0.1) is 13.2 Å². The fourth-order valence-corrected chi connectivity index (χ4v) is 3.39.